The molecule has 0 radical (unpaired) electrons. The van der Waals surface area contributed by atoms with Gasteiger partial charge in [-0.2, -0.15) is 0 Å². The predicted molar refractivity (Wildman–Crippen MR) is 69.6 cm³/mol. The molecule has 1 saturated carbocycles. The maximum absolute atomic E-state index is 11.2. The fourth-order valence-electron chi connectivity index (χ4n) is 1.75. The van der Waals surface area contributed by atoms with Crippen LogP contribution in [0.3, 0.4) is 0 Å². The summed E-state index contributed by atoms with van der Waals surface area (Å²) in [6.45, 7) is 0. The Kier molecular flexibility index (Phi) is 2.86. The van der Waals surface area contributed by atoms with Crippen LogP contribution in [0, 0.1) is 0 Å². The van der Waals surface area contributed by atoms with Crippen LogP contribution in [0.5, 0.6) is 0 Å². The zero-order valence-corrected chi connectivity index (χ0v) is 10.8. The molecule has 0 unspecified atom stereocenters. The number of nitrogen functional groups attached to an aromatic ring is 1. The minimum atomic E-state index is -0.540. The first-order valence-electron chi connectivity index (χ1n) is 5.81. The third-order valence-electron chi connectivity index (χ3n) is 2.89. The molecule has 1 heterocycles. The number of hydrogen-bond donors (Lipinski definition) is 2. The molecule has 1 aromatic heterocycles. The average Bonchev–Trinajstić information content (AvgIpc) is 3.12. The number of primary amides is 1. The molecule has 2 aromatic rings. The lowest BCUT2D eigenvalue weighted by Gasteiger charge is -2.08. The first kappa shape index (κ1) is 12.0. The van der Waals surface area contributed by atoms with Gasteiger partial charge in [0.2, 0.25) is 5.16 Å². The molecule has 0 bridgehead atoms. The number of anilines is 1. The van der Waals surface area contributed by atoms with Crippen LogP contribution in [-0.2, 0) is 0 Å². The minimum Gasteiger partial charge on any atom is -0.397 e. The quantitative estimate of drug-likeness (QED) is 0.800. The zero-order chi connectivity index (χ0) is 13.4. The average molecular weight is 276 g/mol. The molecule has 0 atom stereocenters. The lowest BCUT2D eigenvalue weighted by atomic mass is 10.2. The van der Waals surface area contributed by atoms with Gasteiger partial charge in [0.25, 0.3) is 5.91 Å². The van der Waals surface area contributed by atoms with Crippen LogP contribution in [0.25, 0.3) is 0 Å². The summed E-state index contributed by atoms with van der Waals surface area (Å²) in [6, 6.07) is 5.55. The van der Waals surface area contributed by atoms with Crippen molar-refractivity contribution in [2.45, 2.75) is 28.9 Å². The molecular formula is C11H12N6OS. The van der Waals surface area contributed by atoms with Gasteiger partial charge in [0, 0.05) is 4.90 Å². The number of aromatic nitrogens is 4. The van der Waals surface area contributed by atoms with Crippen molar-refractivity contribution in [3.63, 3.8) is 0 Å². The molecule has 0 aliphatic heterocycles. The zero-order valence-electron chi connectivity index (χ0n) is 9.98. The Morgan fingerprint density at radius 3 is 2.89 bits per heavy atom. The summed E-state index contributed by atoms with van der Waals surface area (Å²) in [7, 11) is 0. The van der Waals surface area contributed by atoms with Crippen molar-refractivity contribution in [3.8, 4) is 0 Å². The number of carbonyl (C=O) groups excluding carboxylic acids is 1. The van der Waals surface area contributed by atoms with E-state index >= 15 is 0 Å². The van der Waals surface area contributed by atoms with E-state index in [4.69, 9.17) is 11.5 Å². The molecule has 1 fully saturated rings. The molecule has 1 aliphatic carbocycles. The number of amides is 1. The largest absolute Gasteiger partial charge is 0.397 e. The smallest absolute Gasteiger partial charge is 0.250 e. The Hall–Kier alpha value is -2.09. The Morgan fingerprint density at radius 1 is 1.42 bits per heavy atom. The molecular weight excluding hydrogens is 264 g/mol. The van der Waals surface area contributed by atoms with Crippen molar-refractivity contribution >= 4 is 23.4 Å². The van der Waals surface area contributed by atoms with Crippen molar-refractivity contribution in [2.75, 3.05) is 5.73 Å². The summed E-state index contributed by atoms with van der Waals surface area (Å²) >= 11 is 1.34. The number of rotatable bonds is 4. The second-order valence-electron chi connectivity index (χ2n) is 4.32. The predicted octanol–water partition coefficient (Wildman–Crippen LogP) is 0.840. The van der Waals surface area contributed by atoms with Gasteiger partial charge in [-0.3, -0.25) is 4.79 Å². The Morgan fingerprint density at radius 2 is 2.21 bits per heavy atom. The van der Waals surface area contributed by atoms with E-state index in [9.17, 15) is 4.79 Å². The van der Waals surface area contributed by atoms with Crippen molar-refractivity contribution in [3.05, 3.63) is 23.8 Å². The summed E-state index contributed by atoms with van der Waals surface area (Å²) in [6.07, 6.45) is 2.19. The lowest BCUT2D eigenvalue weighted by molar-refractivity contribution is 0.100. The van der Waals surface area contributed by atoms with Crippen molar-refractivity contribution in [1.29, 1.82) is 0 Å². The monoisotopic (exact) mass is 276 g/mol. The summed E-state index contributed by atoms with van der Waals surface area (Å²) in [5, 5.41) is 12.3. The highest BCUT2D eigenvalue weighted by Gasteiger charge is 2.28. The fourth-order valence-corrected chi connectivity index (χ4v) is 2.67. The van der Waals surface area contributed by atoms with Gasteiger partial charge in [0.1, 0.15) is 0 Å². The van der Waals surface area contributed by atoms with E-state index in [1.807, 2.05) is 6.07 Å². The number of tetrazole rings is 1. The molecule has 19 heavy (non-hydrogen) atoms. The molecule has 7 nitrogen and oxygen atoms in total. The number of benzene rings is 1. The van der Waals surface area contributed by atoms with E-state index in [2.05, 4.69) is 15.5 Å². The van der Waals surface area contributed by atoms with Gasteiger partial charge in [0.05, 0.1) is 17.3 Å². The van der Waals surface area contributed by atoms with Gasteiger partial charge < -0.3 is 11.5 Å². The standard InChI is InChI=1S/C11H12N6OS/c12-9-7(10(13)18)2-1-3-8(9)19-11-14-15-16-17(11)6-4-5-6/h1-3,6H,4-5,12H2,(H2,13,18). The molecule has 8 heteroatoms. The normalized spacial score (nSPS) is 14.5. The summed E-state index contributed by atoms with van der Waals surface area (Å²) in [5.74, 6) is -0.540. The topological polar surface area (TPSA) is 113 Å². The highest BCUT2D eigenvalue weighted by Crippen LogP contribution is 2.39. The van der Waals surface area contributed by atoms with Gasteiger partial charge in [-0.15, -0.1) is 5.10 Å². The first-order chi connectivity index (χ1) is 9.16. The number of nitrogens with zero attached hydrogens (tertiary/aromatic N) is 4. The van der Waals surface area contributed by atoms with Crippen LogP contribution in [0.4, 0.5) is 5.69 Å². The third kappa shape index (κ3) is 2.26. The second kappa shape index (κ2) is 4.54. The maximum atomic E-state index is 11.2. The number of hydrogen-bond acceptors (Lipinski definition) is 6. The fraction of sp³-hybridized carbons (Fsp3) is 0.273. The van der Waals surface area contributed by atoms with E-state index in [0.29, 0.717) is 22.4 Å². The van der Waals surface area contributed by atoms with Gasteiger partial charge in [-0.25, -0.2) is 4.68 Å². The number of carbonyl (C=O) groups is 1. The summed E-state index contributed by atoms with van der Waals surface area (Å²) < 4.78 is 1.79. The van der Waals surface area contributed by atoms with E-state index in [-0.39, 0.29) is 0 Å². The minimum absolute atomic E-state index is 0.315. The van der Waals surface area contributed by atoms with Crippen molar-refractivity contribution in [2.24, 2.45) is 5.73 Å². The highest BCUT2D eigenvalue weighted by atomic mass is 32.2. The van der Waals surface area contributed by atoms with Crippen LogP contribution >= 0.6 is 11.8 Å². The van der Waals surface area contributed by atoms with Gasteiger partial charge in [-0.05, 0) is 47.2 Å². The SMILES string of the molecule is NC(=O)c1cccc(Sc2nnnn2C2CC2)c1N. The molecule has 3 rings (SSSR count). The van der Waals surface area contributed by atoms with Crippen LogP contribution in [0.2, 0.25) is 0 Å². The van der Waals surface area contributed by atoms with E-state index < -0.39 is 5.91 Å². The van der Waals surface area contributed by atoms with Gasteiger partial charge in [0.15, 0.2) is 0 Å². The lowest BCUT2D eigenvalue weighted by Crippen LogP contribution is -2.13. The molecule has 1 aliphatic rings. The molecule has 1 aromatic carbocycles. The summed E-state index contributed by atoms with van der Waals surface area (Å²) in [5.41, 5.74) is 11.9. The first-order valence-corrected chi connectivity index (χ1v) is 6.62. The van der Waals surface area contributed by atoms with E-state index in [0.717, 1.165) is 17.7 Å². The molecule has 98 valence electrons. The van der Waals surface area contributed by atoms with Gasteiger partial charge >= 0.3 is 0 Å². The number of para-hydroxylation sites is 1. The van der Waals surface area contributed by atoms with Gasteiger partial charge in [-0.1, -0.05) is 6.07 Å². The molecule has 0 spiro atoms. The maximum Gasteiger partial charge on any atom is 0.250 e. The van der Waals surface area contributed by atoms with Crippen LogP contribution in [0.1, 0.15) is 29.2 Å². The molecule has 0 saturated heterocycles. The molecule has 1 amide bonds. The Labute approximate surface area is 113 Å². The van der Waals surface area contributed by atoms with Crippen molar-refractivity contribution in [1.82, 2.24) is 20.2 Å². The Balaban J connectivity index is 1.92. The second-order valence-corrected chi connectivity index (χ2v) is 5.33. The van der Waals surface area contributed by atoms with Crippen LogP contribution in [0.15, 0.2) is 28.3 Å². The van der Waals surface area contributed by atoms with Crippen LogP contribution < -0.4 is 11.5 Å². The Bertz CT molecular complexity index is 636. The summed E-state index contributed by atoms with van der Waals surface area (Å²) in [4.78, 5) is 12.0. The van der Waals surface area contributed by atoms with E-state index in [1.165, 1.54) is 11.8 Å². The van der Waals surface area contributed by atoms with Crippen molar-refractivity contribution < 1.29 is 4.79 Å². The molecule has 4 N–H and O–H groups in total. The highest BCUT2D eigenvalue weighted by molar-refractivity contribution is 7.99. The van der Waals surface area contributed by atoms with Crippen LogP contribution in [-0.4, -0.2) is 26.1 Å². The number of nitrogens with two attached hydrogens (primary N) is 2. The third-order valence-corrected chi connectivity index (χ3v) is 3.92. The van der Waals surface area contributed by atoms with E-state index in [1.54, 1.807) is 16.8 Å².